The van der Waals surface area contributed by atoms with Crippen molar-refractivity contribution in [2.24, 2.45) is 5.92 Å². The first-order valence-corrected chi connectivity index (χ1v) is 6.82. The summed E-state index contributed by atoms with van der Waals surface area (Å²) in [5.41, 5.74) is 1.51. The number of aromatic nitrogens is 2. The third kappa shape index (κ3) is 3.78. The maximum atomic E-state index is 12.4. The van der Waals surface area contributed by atoms with Gasteiger partial charge in [0.2, 0.25) is 5.88 Å². The monoisotopic (exact) mass is 285 g/mol. The minimum Gasteiger partial charge on any atom is -0.481 e. The van der Waals surface area contributed by atoms with Crippen molar-refractivity contribution in [1.29, 1.82) is 0 Å². The molecule has 1 N–H and O–H groups in total. The summed E-state index contributed by atoms with van der Waals surface area (Å²) in [7, 11) is 1.52. The van der Waals surface area contributed by atoms with E-state index in [0.717, 1.165) is 5.56 Å². The van der Waals surface area contributed by atoms with Gasteiger partial charge in [0.1, 0.15) is 0 Å². The van der Waals surface area contributed by atoms with Gasteiger partial charge in [-0.1, -0.05) is 19.9 Å². The summed E-state index contributed by atoms with van der Waals surface area (Å²) >= 11 is 0. The fourth-order valence-electron chi connectivity index (χ4n) is 2.08. The molecule has 1 amide bonds. The Morgan fingerprint density at radius 2 is 2.10 bits per heavy atom. The van der Waals surface area contributed by atoms with Gasteiger partial charge in [0.15, 0.2) is 0 Å². The van der Waals surface area contributed by atoms with Crippen LogP contribution in [0.5, 0.6) is 5.88 Å². The van der Waals surface area contributed by atoms with Gasteiger partial charge in [-0.25, -0.2) is 4.98 Å². The zero-order chi connectivity index (χ0) is 15.2. The van der Waals surface area contributed by atoms with E-state index in [9.17, 15) is 4.79 Å². The maximum absolute atomic E-state index is 12.4. The van der Waals surface area contributed by atoms with Gasteiger partial charge in [0.05, 0.1) is 13.2 Å². The summed E-state index contributed by atoms with van der Waals surface area (Å²) in [6.45, 7) is 4.12. The number of amides is 1. The first kappa shape index (κ1) is 15.0. The molecular formula is C16H19N3O2. The van der Waals surface area contributed by atoms with Gasteiger partial charge in [-0.05, 0) is 23.6 Å². The van der Waals surface area contributed by atoms with Crippen LogP contribution in [0.2, 0.25) is 0 Å². The smallest absolute Gasteiger partial charge is 0.252 e. The summed E-state index contributed by atoms with van der Waals surface area (Å²) in [6, 6.07) is 7.02. The van der Waals surface area contributed by atoms with Crippen molar-refractivity contribution >= 4 is 5.91 Å². The molecule has 1 unspecified atom stereocenters. The second-order valence-corrected chi connectivity index (χ2v) is 5.07. The summed E-state index contributed by atoms with van der Waals surface area (Å²) in [4.78, 5) is 20.5. The second-order valence-electron chi connectivity index (χ2n) is 5.07. The number of pyridine rings is 2. The highest BCUT2D eigenvalue weighted by Crippen LogP contribution is 2.21. The van der Waals surface area contributed by atoms with E-state index >= 15 is 0 Å². The third-order valence-electron chi connectivity index (χ3n) is 3.20. The molecule has 0 saturated heterocycles. The molecular weight excluding hydrogens is 266 g/mol. The average molecular weight is 285 g/mol. The molecule has 21 heavy (non-hydrogen) atoms. The van der Waals surface area contributed by atoms with Crippen LogP contribution in [0.15, 0.2) is 42.9 Å². The van der Waals surface area contributed by atoms with Crippen molar-refractivity contribution in [3.63, 3.8) is 0 Å². The van der Waals surface area contributed by atoms with E-state index in [1.807, 2.05) is 12.1 Å². The van der Waals surface area contributed by atoms with Crippen molar-refractivity contribution in [3.8, 4) is 5.88 Å². The topological polar surface area (TPSA) is 64.1 Å². The average Bonchev–Trinajstić information content (AvgIpc) is 2.53. The molecule has 5 heteroatoms. The van der Waals surface area contributed by atoms with Gasteiger partial charge in [-0.15, -0.1) is 0 Å². The Kier molecular flexibility index (Phi) is 4.87. The summed E-state index contributed by atoms with van der Waals surface area (Å²) in [6.07, 6.45) is 5.05. The molecule has 2 heterocycles. The Hall–Kier alpha value is -2.43. The standard InChI is InChI=1S/C16H19N3O2/c1-11(2)15(13-5-4-7-17-10-13)19-16(20)12-6-8-18-14(9-12)21-3/h4-11,15H,1-3H3,(H,19,20). The number of rotatable bonds is 5. The molecule has 0 fully saturated rings. The van der Waals surface area contributed by atoms with Crippen LogP contribution in [0, 0.1) is 5.92 Å². The van der Waals surface area contributed by atoms with Crippen LogP contribution in [-0.4, -0.2) is 23.0 Å². The molecule has 0 aromatic carbocycles. The summed E-state index contributed by atoms with van der Waals surface area (Å²) in [5, 5.41) is 3.04. The number of hydrogen-bond donors (Lipinski definition) is 1. The first-order valence-electron chi connectivity index (χ1n) is 6.82. The van der Waals surface area contributed by atoms with Crippen LogP contribution in [0.1, 0.15) is 35.8 Å². The molecule has 0 bridgehead atoms. The minimum atomic E-state index is -0.154. The Balaban J connectivity index is 2.19. The van der Waals surface area contributed by atoms with Crippen molar-refractivity contribution in [2.75, 3.05) is 7.11 Å². The molecule has 0 radical (unpaired) electrons. The van der Waals surface area contributed by atoms with E-state index in [0.29, 0.717) is 11.4 Å². The fourth-order valence-corrected chi connectivity index (χ4v) is 2.08. The largest absolute Gasteiger partial charge is 0.481 e. The molecule has 2 rings (SSSR count). The van der Waals surface area contributed by atoms with Crippen molar-refractivity contribution in [3.05, 3.63) is 54.0 Å². The lowest BCUT2D eigenvalue weighted by Gasteiger charge is -2.22. The minimum absolute atomic E-state index is 0.0923. The van der Waals surface area contributed by atoms with Crippen LogP contribution in [0.4, 0.5) is 0 Å². The highest BCUT2D eigenvalue weighted by atomic mass is 16.5. The SMILES string of the molecule is COc1cc(C(=O)NC(c2cccnc2)C(C)C)ccn1. The molecule has 0 aliphatic carbocycles. The van der Waals surface area contributed by atoms with Crippen LogP contribution < -0.4 is 10.1 Å². The second kappa shape index (κ2) is 6.83. The Labute approximate surface area is 124 Å². The third-order valence-corrected chi connectivity index (χ3v) is 3.20. The summed E-state index contributed by atoms with van der Waals surface area (Å²) in [5.74, 6) is 0.519. The van der Waals surface area contributed by atoms with Gasteiger partial charge in [-0.2, -0.15) is 0 Å². The zero-order valence-electron chi connectivity index (χ0n) is 12.4. The molecule has 2 aromatic rings. The molecule has 2 aromatic heterocycles. The predicted octanol–water partition coefficient (Wildman–Crippen LogP) is 2.61. The predicted molar refractivity (Wildman–Crippen MR) is 80.1 cm³/mol. The number of nitrogens with one attached hydrogen (secondary N) is 1. The van der Waals surface area contributed by atoms with Crippen molar-refractivity contribution < 1.29 is 9.53 Å². The lowest BCUT2D eigenvalue weighted by Crippen LogP contribution is -2.31. The molecule has 5 nitrogen and oxygen atoms in total. The van der Waals surface area contributed by atoms with E-state index in [4.69, 9.17) is 4.74 Å². The van der Waals surface area contributed by atoms with E-state index in [2.05, 4.69) is 29.1 Å². The zero-order valence-corrected chi connectivity index (χ0v) is 12.4. The van der Waals surface area contributed by atoms with E-state index in [1.54, 1.807) is 30.7 Å². The van der Waals surface area contributed by atoms with Crippen LogP contribution >= 0.6 is 0 Å². The van der Waals surface area contributed by atoms with Gasteiger partial charge in [0, 0.05) is 30.2 Å². The molecule has 0 saturated carbocycles. The summed E-state index contributed by atoms with van der Waals surface area (Å²) < 4.78 is 5.04. The lowest BCUT2D eigenvalue weighted by atomic mass is 9.97. The quantitative estimate of drug-likeness (QED) is 0.917. The van der Waals surface area contributed by atoms with Crippen molar-refractivity contribution in [1.82, 2.24) is 15.3 Å². The first-order chi connectivity index (χ1) is 10.1. The number of carbonyl (C=O) groups excluding carboxylic acids is 1. The molecule has 0 aliphatic rings. The van der Waals surface area contributed by atoms with Crippen molar-refractivity contribution in [2.45, 2.75) is 19.9 Å². The van der Waals surface area contributed by atoms with E-state index < -0.39 is 0 Å². The fraction of sp³-hybridized carbons (Fsp3) is 0.312. The Morgan fingerprint density at radius 3 is 2.71 bits per heavy atom. The Bertz CT molecular complexity index is 599. The van der Waals surface area contributed by atoms with Gasteiger partial charge < -0.3 is 10.1 Å². The number of nitrogens with zero attached hydrogens (tertiary/aromatic N) is 2. The molecule has 110 valence electrons. The van der Waals surface area contributed by atoms with Crippen LogP contribution in [-0.2, 0) is 0 Å². The highest BCUT2D eigenvalue weighted by molar-refractivity contribution is 5.94. The number of carbonyl (C=O) groups is 1. The molecule has 0 aliphatic heterocycles. The van der Waals surface area contributed by atoms with Gasteiger partial charge in [-0.3, -0.25) is 9.78 Å². The number of methoxy groups -OCH3 is 1. The maximum Gasteiger partial charge on any atom is 0.252 e. The van der Waals surface area contributed by atoms with Gasteiger partial charge >= 0.3 is 0 Å². The lowest BCUT2D eigenvalue weighted by molar-refractivity contribution is 0.0925. The van der Waals surface area contributed by atoms with E-state index in [1.165, 1.54) is 7.11 Å². The highest BCUT2D eigenvalue weighted by Gasteiger charge is 2.19. The van der Waals surface area contributed by atoms with E-state index in [-0.39, 0.29) is 17.9 Å². The Morgan fingerprint density at radius 1 is 1.29 bits per heavy atom. The number of ether oxygens (including phenoxy) is 1. The molecule has 0 spiro atoms. The normalized spacial score (nSPS) is 12.0. The molecule has 1 atom stereocenters. The van der Waals surface area contributed by atoms with Gasteiger partial charge in [0.25, 0.3) is 5.91 Å². The van der Waals surface area contributed by atoms with Crippen LogP contribution in [0.25, 0.3) is 0 Å². The number of hydrogen-bond acceptors (Lipinski definition) is 4. The van der Waals surface area contributed by atoms with Crippen LogP contribution in [0.3, 0.4) is 0 Å².